The van der Waals surface area contributed by atoms with E-state index in [2.05, 4.69) is 57.8 Å². The van der Waals surface area contributed by atoms with Crippen LogP contribution in [0.3, 0.4) is 0 Å². The molecule has 0 atom stereocenters. The zero-order chi connectivity index (χ0) is 12.4. The second-order valence-electron chi connectivity index (χ2n) is 3.18. The molecular weight excluding hydrogens is 416 g/mol. The summed E-state index contributed by atoms with van der Waals surface area (Å²) in [6, 6.07) is 7.49. The summed E-state index contributed by atoms with van der Waals surface area (Å²) in [5, 5.41) is 0. The molecule has 0 N–H and O–H groups in total. The van der Waals surface area contributed by atoms with Crippen molar-refractivity contribution in [2.45, 2.75) is 0 Å². The first-order chi connectivity index (χ1) is 8.10. The third kappa shape index (κ3) is 3.05. The average molecular weight is 423 g/mol. The van der Waals surface area contributed by atoms with E-state index in [1.807, 2.05) is 18.2 Å². The molecule has 0 saturated heterocycles. The fraction of sp³-hybridized carbons (Fsp3) is 0.0909. The number of aromatic nitrogens is 2. The molecule has 2 aromatic rings. The van der Waals surface area contributed by atoms with E-state index < -0.39 is 0 Å². The maximum absolute atomic E-state index is 5.30. The molecule has 3 nitrogen and oxygen atoms in total. The summed E-state index contributed by atoms with van der Waals surface area (Å²) in [5.74, 6) is 1.34. The lowest BCUT2D eigenvalue weighted by atomic mass is 10.2. The highest BCUT2D eigenvalue weighted by Crippen LogP contribution is 2.31. The first kappa shape index (κ1) is 13.0. The fourth-order valence-electron chi connectivity index (χ4n) is 1.37. The lowest BCUT2D eigenvalue weighted by molar-refractivity contribution is 0.416. The number of halogens is 3. The SMILES string of the molecule is COc1ccc(Br)cc1-c1nc(Br)cc(Br)n1. The highest BCUT2D eigenvalue weighted by Gasteiger charge is 2.11. The van der Waals surface area contributed by atoms with Gasteiger partial charge in [-0.05, 0) is 50.1 Å². The van der Waals surface area contributed by atoms with Gasteiger partial charge >= 0.3 is 0 Å². The predicted octanol–water partition coefficient (Wildman–Crippen LogP) is 4.44. The van der Waals surface area contributed by atoms with Crippen LogP contribution in [0.5, 0.6) is 5.75 Å². The Bertz CT molecular complexity index is 540. The predicted molar refractivity (Wildman–Crippen MR) is 77.1 cm³/mol. The highest BCUT2D eigenvalue weighted by molar-refractivity contribution is 9.11. The molecule has 0 unspecified atom stereocenters. The summed E-state index contributed by atoms with van der Waals surface area (Å²) in [4.78, 5) is 8.66. The molecule has 0 aliphatic carbocycles. The third-order valence-corrected chi connectivity index (χ3v) is 3.37. The van der Waals surface area contributed by atoms with Crippen molar-refractivity contribution in [2.24, 2.45) is 0 Å². The summed E-state index contributed by atoms with van der Waals surface area (Å²) in [6.07, 6.45) is 0. The molecule has 0 spiro atoms. The molecule has 6 heteroatoms. The standard InChI is InChI=1S/C11H7Br3N2O/c1-17-8-3-2-6(12)4-7(8)11-15-9(13)5-10(14)16-11/h2-5H,1H3. The first-order valence-electron chi connectivity index (χ1n) is 4.64. The molecule has 0 radical (unpaired) electrons. The molecule has 88 valence electrons. The van der Waals surface area contributed by atoms with Crippen molar-refractivity contribution in [1.29, 1.82) is 0 Å². The Morgan fingerprint density at radius 3 is 2.24 bits per heavy atom. The van der Waals surface area contributed by atoms with Crippen molar-refractivity contribution in [3.63, 3.8) is 0 Å². The summed E-state index contributed by atoms with van der Waals surface area (Å²) >= 11 is 10.1. The summed E-state index contributed by atoms with van der Waals surface area (Å²) in [5.41, 5.74) is 0.837. The average Bonchev–Trinajstić information content (AvgIpc) is 2.27. The van der Waals surface area contributed by atoms with Gasteiger partial charge in [0.15, 0.2) is 5.82 Å². The summed E-state index contributed by atoms with van der Waals surface area (Å²) in [7, 11) is 1.62. The lowest BCUT2D eigenvalue weighted by Crippen LogP contribution is -1.94. The molecule has 17 heavy (non-hydrogen) atoms. The van der Waals surface area contributed by atoms with Crippen LogP contribution in [0.15, 0.2) is 37.9 Å². The van der Waals surface area contributed by atoms with Crippen LogP contribution in [0, 0.1) is 0 Å². The van der Waals surface area contributed by atoms with Gasteiger partial charge in [0.05, 0.1) is 12.7 Å². The van der Waals surface area contributed by atoms with Crippen LogP contribution in [0.25, 0.3) is 11.4 Å². The van der Waals surface area contributed by atoms with Crippen molar-refractivity contribution in [1.82, 2.24) is 9.97 Å². The largest absolute Gasteiger partial charge is 0.496 e. The molecular formula is C11H7Br3N2O. The maximum Gasteiger partial charge on any atom is 0.165 e. The van der Waals surface area contributed by atoms with Gasteiger partial charge in [-0.1, -0.05) is 15.9 Å². The zero-order valence-corrected chi connectivity index (χ0v) is 13.5. The van der Waals surface area contributed by atoms with Crippen molar-refractivity contribution >= 4 is 47.8 Å². The van der Waals surface area contributed by atoms with E-state index in [1.165, 1.54) is 0 Å². The highest BCUT2D eigenvalue weighted by atomic mass is 79.9. The smallest absolute Gasteiger partial charge is 0.165 e. The van der Waals surface area contributed by atoms with Gasteiger partial charge in [0.25, 0.3) is 0 Å². The molecule has 0 amide bonds. The molecule has 1 aromatic carbocycles. The Kier molecular flexibility index (Phi) is 4.17. The maximum atomic E-state index is 5.30. The Hall–Kier alpha value is -0.460. The minimum atomic E-state index is 0.601. The number of methoxy groups -OCH3 is 1. The second kappa shape index (κ2) is 5.46. The monoisotopic (exact) mass is 420 g/mol. The van der Waals surface area contributed by atoms with Crippen LogP contribution in [-0.2, 0) is 0 Å². The topological polar surface area (TPSA) is 35.0 Å². The van der Waals surface area contributed by atoms with E-state index in [1.54, 1.807) is 13.2 Å². The van der Waals surface area contributed by atoms with Gasteiger partial charge in [-0.3, -0.25) is 0 Å². The van der Waals surface area contributed by atoms with Gasteiger partial charge < -0.3 is 4.74 Å². The van der Waals surface area contributed by atoms with Crippen LogP contribution >= 0.6 is 47.8 Å². The van der Waals surface area contributed by atoms with Crippen LogP contribution in [0.4, 0.5) is 0 Å². The molecule has 1 heterocycles. The quantitative estimate of drug-likeness (QED) is 0.671. The van der Waals surface area contributed by atoms with Crippen molar-refractivity contribution in [2.75, 3.05) is 7.11 Å². The number of hydrogen-bond donors (Lipinski definition) is 0. The summed E-state index contributed by atoms with van der Waals surface area (Å²) < 4.78 is 7.69. The molecule has 2 rings (SSSR count). The van der Waals surface area contributed by atoms with E-state index in [9.17, 15) is 0 Å². The number of ether oxygens (including phenoxy) is 1. The van der Waals surface area contributed by atoms with Crippen LogP contribution < -0.4 is 4.74 Å². The van der Waals surface area contributed by atoms with Gasteiger partial charge in [0.1, 0.15) is 15.0 Å². The van der Waals surface area contributed by atoms with E-state index >= 15 is 0 Å². The first-order valence-corrected chi connectivity index (χ1v) is 7.02. The van der Waals surface area contributed by atoms with Crippen LogP contribution in [-0.4, -0.2) is 17.1 Å². The van der Waals surface area contributed by atoms with Crippen LogP contribution in [0.1, 0.15) is 0 Å². The lowest BCUT2D eigenvalue weighted by Gasteiger charge is -2.08. The minimum absolute atomic E-state index is 0.601. The molecule has 0 aliphatic rings. The van der Waals surface area contributed by atoms with Crippen molar-refractivity contribution in [3.8, 4) is 17.1 Å². The van der Waals surface area contributed by atoms with Gasteiger partial charge in [-0.2, -0.15) is 0 Å². The number of rotatable bonds is 2. The second-order valence-corrected chi connectivity index (χ2v) is 5.72. The molecule has 0 aliphatic heterocycles. The van der Waals surface area contributed by atoms with Gasteiger partial charge in [-0.15, -0.1) is 0 Å². The van der Waals surface area contributed by atoms with Crippen LogP contribution in [0.2, 0.25) is 0 Å². The molecule has 0 bridgehead atoms. The normalized spacial score (nSPS) is 10.4. The minimum Gasteiger partial charge on any atom is -0.496 e. The zero-order valence-electron chi connectivity index (χ0n) is 8.75. The fourth-order valence-corrected chi connectivity index (χ4v) is 2.80. The van der Waals surface area contributed by atoms with E-state index in [0.717, 1.165) is 25.0 Å². The van der Waals surface area contributed by atoms with Crippen molar-refractivity contribution < 1.29 is 4.74 Å². The van der Waals surface area contributed by atoms with Gasteiger partial charge in [0, 0.05) is 10.5 Å². The van der Waals surface area contributed by atoms with Gasteiger partial charge in [-0.25, -0.2) is 9.97 Å². The van der Waals surface area contributed by atoms with E-state index in [-0.39, 0.29) is 0 Å². The molecule has 1 aromatic heterocycles. The van der Waals surface area contributed by atoms with E-state index in [4.69, 9.17) is 4.74 Å². The molecule has 0 saturated carbocycles. The number of benzene rings is 1. The Balaban J connectivity index is 2.62. The Labute approximate surface area is 124 Å². The molecule has 0 fully saturated rings. The number of hydrogen-bond acceptors (Lipinski definition) is 3. The van der Waals surface area contributed by atoms with Crippen molar-refractivity contribution in [3.05, 3.63) is 37.9 Å². The Morgan fingerprint density at radius 2 is 1.65 bits per heavy atom. The summed E-state index contributed by atoms with van der Waals surface area (Å²) in [6.45, 7) is 0. The van der Waals surface area contributed by atoms with Gasteiger partial charge in [0.2, 0.25) is 0 Å². The third-order valence-electron chi connectivity index (χ3n) is 2.07. The Morgan fingerprint density at radius 1 is 1.00 bits per heavy atom. The number of nitrogens with zero attached hydrogens (tertiary/aromatic N) is 2. The van der Waals surface area contributed by atoms with E-state index in [0.29, 0.717) is 5.82 Å².